The fraction of sp³-hybridized carbons (Fsp3) is 0.160. The first kappa shape index (κ1) is 24.1. The van der Waals surface area contributed by atoms with Crippen molar-refractivity contribution in [1.82, 2.24) is 5.43 Å². The van der Waals surface area contributed by atoms with E-state index in [-0.39, 0.29) is 5.75 Å². The number of ether oxygens (including phenoxy) is 5. The average Bonchev–Trinajstić information content (AvgIpc) is 2.88. The molecule has 0 aromatic heterocycles. The van der Waals surface area contributed by atoms with E-state index in [1.54, 1.807) is 67.8 Å². The molecule has 0 aliphatic heterocycles. The van der Waals surface area contributed by atoms with E-state index in [1.165, 1.54) is 27.5 Å². The van der Waals surface area contributed by atoms with Crippen LogP contribution >= 0.6 is 0 Å². The van der Waals surface area contributed by atoms with Crippen LogP contribution in [0.2, 0.25) is 0 Å². The number of amides is 1. The molecular weight excluding hydrogens is 440 g/mol. The number of hydrogen-bond donors (Lipinski definition) is 1. The van der Waals surface area contributed by atoms with Crippen LogP contribution in [-0.4, -0.2) is 46.5 Å². The second-order valence-electron chi connectivity index (χ2n) is 6.80. The van der Waals surface area contributed by atoms with Crippen molar-refractivity contribution >= 4 is 18.1 Å². The molecular formula is C25H24N2O7. The van der Waals surface area contributed by atoms with Crippen molar-refractivity contribution in [1.29, 1.82) is 0 Å². The van der Waals surface area contributed by atoms with Gasteiger partial charge in [0.1, 0.15) is 5.75 Å². The molecule has 0 saturated heterocycles. The Labute approximate surface area is 196 Å². The monoisotopic (exact) mass is 464 g/mol. The smallest absolute Gasteiger partial charge is 0.343 e. The van der Waals surface area contributed by atoms with Gasteiger partial charge in [0.25, 0.3) is 5.91 Å². The highest BCUT2D eigenvalue weighted by Gasteiger charge is 2.13. The minimum Gasteiger partial charge on any atom is -0.497 e. The molecule has 0 bridgehead atoms. The van der Waals surface area contributed by atoms with Crippen LogP contribution in [0.5, 0.6) is 28.7 Å². The van der Waals surface area contributed by atoms with Crippen molar-refractivity contribution in [3.05, 3.63) is 77.4 Å². The van der Waals surface area contributed by atoms with E-state index in [9.17, 15) is 9.59 Å². The number of esters is 1. The van der Waals surface area contributed by atoms with Crippen molar-refractivity contribution in [2.45, 2.75) is 0 Å². The molecule has 1 N–H and O–H groups in total. The zero-order valence-corrected chi connectivity index (χ0v) is 19.2. The zero-order valence-electron chi connectivity index (χ0n) is 19.2. The van der Waals surface area contributed by atoms with Gasteiger partial charge in [-0.2, -0.15) is 5.10 Å². The summed E-state index contributed by atoms with van der Waals surface area (Å²) in [4.78, 5) is 24.8. The van der Waals surface area contributed by atoms with E-state index in [1.807, 2.05) is 0 Å². The first-order valence-electron chi connectivity index (χ1n) is 10.1. The average molecular weight is 464 g/mol. The topological polar surface area (TPSA) is 105 Å². The van der Waals surface area contributed by atoms with Crippen molar-refractivity contribution in [3.63, 3.8) is 0 Å². The van der Waals surface area contributed by atoms with E-state index >= 15 is 0 Å². The van der Waals surface area contributed by atoms with Crippen molar-refractivity contribution in [2.24, 2.45) is 5.10 Å². The Balaban J connectivity index is 1.66. The van der Waals surface area contributed by atoms with Crippen LogP contribution in [-0.2, 0) is 0 Å². The lowest BCUT2D eigenvalue weighted by molar-refractivity contribution is 0.0729. The van der Waals surface area contributed by atoms with Gasteiger partial charge in [0, 0.05) is 5.56 Å². The summed E-state index contributed by atoms with van der Waals surface area (Å²) in [5, 5.41) is 3.97. The Kier molecular flexibility index (Phi) is 8.07. The van der Waals surface area contributed by atoms with Gasteiger partial charge in [-0.3, -0.25) is 4.79 Å². The number of rotatable bonds is 9. The van der Waals surface area contributed by atoms with Crippen molar-refractivity contribution in [3.8, 4) is 28.7 Å². The largest absolute Gasteiger partial charge is 0.497 e. The minimum atomic E-state index is -0.537. The summed E-state index contributed by atoms with van der Waals surface area (Å²) < 4.78 is 26.2. The van der Waals surface area contributed by atoms with Gasteiger partial charge in [-0.15, -0.1) is 0 Å². The number of nitrogens with one attached hydrogen (secondary N) is 1. The van der Waals surface area contributed by atoms with E-state index in [0.29, 0.717) is 39.7 Å². The highest BCUT2D eigenvalue weighted by molar-refractivity contribution is 5.95. The molecule has 0 fully saturated rings. The van der Waals surface area contributed by atoms with Gasteiger partial charge in [-0.1, -0.05) is 0 Å². The number of nitrogens with zero attached hydrogens (tertiary/aromatic N) is 1. The summed E-state index contributed by atoms with van der Waals surface area (Å²) >= 11 is 0. The summed E-state index contributed by atoms with van der Waals surface area (Å²) in [5.74, 6) is 1.20. The van der Waals surface area contributed by atoms with Gasteiger partial charge in [0.15, 0.2) is 23.0 Å². The standard InChI is InChI=1S/C25H24N2O7/c1-30-19-9-6-17(7-10-19)25(29)34-21-11-5-16(13-22(21)32-3)15-26-27-24(28)18-8-12-20(31-2)23(14-18)33-4/h5-15H,1-4H3,(H,27,28)/b26-15-. The van der Waals surface area contributed by atoms with E-state index in [4.69, 9.17) is 23.7 Å². The summed E-state index contributed by atoms with van der Waals surface area (Å²) in [5.41, 5.74) is 3.79. The maximum absolute atomic E-state index is 12.4. The van der Waals surface area contributed by atoms with Gasteiger partial charge in [-0.05, 0) is 66.2 Å². The molecule has 0 spiro atoms. The first-order valence-corrected chi connectivity index (χ1v) is 10.1. The molecule has 176 valence electrons. The van der Waals surface area contributed by atoms with Crippen LogP contribution in [0.15, 0.2) is 65.8 Å². The van der Waals surface area contributed by atoms with Gasteiger partial charge >= 0.3 is 5.97 Å². The molecule has 0 unspecified atom stereocenters. The van der Waals surface area contributed by atoms with Gasteiger partial charge < -0.3 is 23.7 Å². The van der Waals surface area contributed by atoms with Crippen LogP contribution < -0.4 is 29.1 Å². The predicted octanol–water partition coefficient (Wildman–Crippen LogP) is 3.70. The van der Waals surface area contributed by atoms with Gasteiger partial charge in [0.05, 0.1) is 40.2 Å². The fourth-order valence-corrected chi connectivity index (χ4v) is 2.94. The van der Waals surface area contributed by atoms with E-state index < -0.39 is 11.9 Å². The Bertz CT molecular complexity index is 1190. The number of hydrazone groups is 1. The molecule has 0 aliphatic carbocycles. The summed E-state index contributed by atoms with van der Waals surface area (Å²) in [6, 6.07) is 16.2. The quantitative estimate of drug-likeness (QED) is 0.223. The number of hydrogen-bond acceptors (Lipinski definition) is 8. The summed E-state index contributed by atoms with van der Waals surface area (Å²) in [6.45, 7) is 0. The van der Waals surface area contributed by atoms with Crippen LogP contribution in [0.1, 0.15) is 26.3 Å². The first-order chi connectivity index (χ1) is 16.5. The molecule has 9 nitrogen and oxygen atoms in total. The molecule has 34 heavy (non-hydrogen) atoms. The third-order valence-electron chi connectivity index (χ3n) is 4.74. The molecule has 0 radical (unpaired) electrons. The van der Waals surface area contributed by atoms with Crippen LogP contribution in [0, 0.1) is 0 Å². The normalized spacial score (nSPS) is 10.5. The molecule has 0 aliphatic rings. The van der Waals surface area contributed by atoms with Gasteiger partial charge in [-0.25, -0.2) is 10.2 Å². The van der Waals surface area contributed by atoms with Gasteiger partial charge in [0.2, 0.25) is 0 Å². The molecule has 1 amide bonds. The lowest BCUT2D eigenvalue weighted by Gasteiger charge is -2.10. The van der Waals surface area contributed by atoms with E-state index in [0.717, 1.165) is 0 Å². The third kappa shape index (κ3) is 5.83. The molecule has 0 heterocycles. The predicted molar refractivity (Wildman–Crippen MR) is 126 cm³/mol. The molecule has 9 heteroatoms. The van der Waals surface area contributed by atoms with Crippen molar-refractivity contribution < 1.29 is 33.3 Å². The number of methoxy groups -OCH3 is 4. The fourth-order valence-electron chi connectivity index (χ4n) is 2.94. The minimum absolute atomic E-state index is 0.245. The third-order valence-corrected chi connectivity index (χ3v) is 4.74. The zero-order chi connectivity index (χ0) is 24.5. The Morgan fingerprint density at radius 1 is 0.706 bits per heavy atom. The van der Waals surface area contributed by atoms with E-state index in [2.05, 4.69) is 10.5 Å². The Morgan fingerprint density at radius 2 is 1.32 bits per heavy atom. The Hall–Kier alpha value is -4.53. The highest BCUT2D eigenvalue weighted by Crippen LogP contribution is 2.29. The SMILES string of the molecule is COc1ccc(C(=O)Oc2ccc(/C=N\NC(=O)c3ccc(OC)c(OC)c3)cc2OC)cc1. The lowest BCUT2D eigenvalue weighted by atomic mass is 10.2. The maximum atomic E-state index is 12.4. The van der Waals surface area contributed by atoms with Crippen LogP contribution in [0.25, 0.3) is 0 Å². The molecule has 3 rings (SSSR count). The lowest BCUT2D eigenvalue weighted by Crippen LogP contribution is -2.17. The Morgan fingerprint density at radius 3 is 1.97 bits per heavy atom. The molecule has 0 atom stereocenters. The van der Waals surface area contributed by atoms with Crippen LogP contribution in [0.3, 0.4) is 0 Å². The number of carbonyl (C=O) groups is 2. The molecule has 3 aromatic carbocycles. The van der Waals surface area contributed by atoms with Crippen LogP contribution in [0.4, 0.5) is 0 Å². The second kappa shape index (κ2) is 11.4. The number of benzene rings is 3. The molecule has 3 aromatic rings. The maximum Gasteiger partial charge on any atom is 0.343 e. The van der Waals surface area contributed by atoms with Crippen molar-refractivity contribution in [2.75, 3.05) is 28.4 Å². The summed E-state index contributed by atoms with van der Waals surface area (Å²) in [7, 11) is 6.01. The molecule has 0 saturated carbocycles. The highest BCUT2D eigenvalue weighted by atomic mass is 16.6. The number of carbonyl (C=O) groups excluding carboxylic acids is 2. The second-order valence-corrected chi connectivity index (χ2v) is 6.80. The summed E-state index contributed by atoms with van der Waals surface area (Å²) in [6.07, 6.45) is 1.44.